The highest BCUT2D eigenvalue weighted by molar-refractivity contribution is 5.28. The highest BCUT2D eigenvalue weighted by Crippen LogP contribution is 2.27. The van der Waals surface area contributed by atoms with Crippen LogP contribution in [0.25, 0.3) is 0 Å². The van der Waals surface area contributed by atoms with Crippen molar-refractivity contribution in [1.82, 2.24) is 9.80 Å². The number of piperazine rings is 1. The molecule has 0 aromatic heterocycles. The molecule has 4 nitrogen and oxygen atoms in total. The van der Waals surface area contributed by atoms with Gasteiger partial charge in [0.05, 0.1) is 12.7 Å². The fourth-order valence-corrected chi connectivity index (χ4v) is 3.05. The fourth-order valence-electron chi connectivity index (χ4n) is 3.05. The van der Waals surface area contributed by atoms with Gasteiger partial charge in [-0.25, -0.2) is 0 Å². The Kier molecular flexibility index (Phi) is 4.78. The van der Waals surface area contributed by atoms with Gasteiger partial charge < -0.3 is 9.84 Å². The third-order valence-corrected chi connectivity index (χ3v) is 4.48. The minimum atomic E-state index is -0.409. The summed E-state index contributed by atoms with van der Waals surface area (Å²) in [7, 11) is 0. The smallest absolute Gasteiger partial charge is 0.119 e. The highest BCUT2D eigenvalue weighted by atomic mass is 16.5. The lowest BCUT2D eigenvalue weighted by atomic mass is 10.1. The van der Waals surface area contributed by atoms with Gasteiger partial charge in [0.1, 0.15) is 5.75 Å². The number of rotatable bonds is 6. The quantitative estimate of drug-likeness (QED) is 0.868. The number of aliphatic hydroxyl groups is 1. The molecular weight excluding hydrogens is 264 g/mol. The average Bonchev–Trinajstić information content (AvgIpc) is 3.34. The first-order valence-corrected chi connectivity index (χ1v) is 8.13. The van der Waals surface area contributed by atoms with Crippen LogP contribution in [0.5, 0.6) is 5.75 Å². The Morgan fingerprint density at radius 2 is 1.81 bits per heavy atom. The van der Waals surface area contributed by atoms with Crippen molar-refractivity contribution >= 4 is 0 Å². The molecule has 0 bridgehead atoms. The van der Waals surface area contributed by atoms with Crippen molar-refractivity contribution in [1.29, 1.82) is 0 Å². The molecule has 1 aromatic rings. The van der Waals surface area contributed by atoms with E-state index in [0.717, 1.165) is 50.1 Å². The Labute approximate surface area is 127 Å². The molecule has 1 saturated heterocycles. The van der Waals surface area contributed by atoms with Gasteiger partial charge in [-0.1, -0.05) is 12.1 Å². The van der Waals surface area contributed by atoms with Crippen molar-refractivity contribution < 1.29 is 9.84 Å². The van der Waals surface area contributed by atoms with Crippen LogP contribution in [0.1, 0.15) is 31.4 Å². The monoisotopic (exact) mass is 290 g/mol. The van der Waals surface area contributed by atoms with Gasteiger partial charge in [0.25, 0.3) is 0 Å². The summed E-state index contributed by atoms with van der Waals surface area (Å²) in [6, 6.07) is 8.68. The molecule has 1 aliphatic heterocycles. The number of ether oxygens (including phenoxy) is 1. The predicted octanol–water partition coefficient (Wildman–Crippen LogP) is 1.90. The van der Waals surface area contributed by atoms with Gasteiger partial charge in [0, 0.05) is 38.8 Å². The summed E-state index contributed by atoms with van der Waals surface area (Å²) in [5, 5.41) is 10.4. The van der Waals surface area contributed by atoms with E-state index in [1.54, 1.807) is 0 Å². The van der Waals surface area contributed by atoms with Crippen molar-refractivity contribution in [3.05, 3.63) is 29.8 Å². The van der Waals surface area contributed by atoms with E-state index < -0.39 is 6.10 Å². The van der Waals surface area contributed by atoms with Gasteiger partial charge in [-0.3, -0.25) is 9.80 Å². The maximum atomic E-state index is 10.4. The molecule has 1 N–H and O–H groups in total. The van der Waals surface area contributed by atoms with Crippen molar-refractivity contribution in [2.24, 2.45) is 0 Å². The lowest BCUT2D eigenvalue weighted by Crippen LogP contribution is -2.48. The molecule has 0 radical (unpaired) electrons. The average molecular weight is 290 g/mol. The summed E-state index contributed by atoms with van der Waals surface area (Å²) in [6.45, 7) is 7.83. The maximum Gasteiger partial charge on any atom is 0.119 e. The van der Waals surface area contributed by atoms with Crippen LogP contribution >= 0.6 is 0 Å². The number of aliphatic hydroxyl groups excluding tert-OH is 1. The third kappa shape index (κ3) is 3.96. The van der Waals surface area contributed by atoms with Crippen molar-refractivity contribution in [2.75, 3.05) is 39.3 Å². The minimum Gasteiger partial charge on any atom is -0.494 e. The molecule has 1 heterocycles. The van der Waals surface area contributed by atoms with E-state index in [-0.39, 0.29) is 0 Å². The topological polar surface area (TPSA) is 35.9 Å². The lowest BCUT2D eigenvalue weighted by Gasteiger charge is -2.35. The second-order valence-electron chi connectivity index (χ2n) is 6.09. The van der Waals surface area contributed by atoms with E-state index in [0.29, 0.717) is 6.61 Å². The predicted molar refractivity (Wildman–Crippen MR) is 83.6 cm³/mol. The van der Waals surface area contributed by atoms with Gasteiger partial charge in [-0.05, 0) is 37.5 Å². The van der Waals surface area contributed by atoms with E-state index in [2.05, 4.69) is 9.80 Å². The summed E-state index contributed by atoms with van der Waals surface area (Å²) in [4.78, 5) is 4.97. The summed E-state index contributed by atoms with van der Waals surface area (Å²) in [6.07, 6.45) is 2.36. The van der Waals surface area contributed by atoms with E-state index in [9.17, 15) is 5.11 Å². The van der Waals surface area contributed by atoms with E-state index in [1.807, 2.05) is 31.2 Å². The van der Waals surface area contributed by atoms with Crippen LogP contribution in [0, 0.1) is 0 Å². The second-order valence-corrected chi connectivity index (χ2v) is 6.09. The summed E-state index contributed by atoms with van der Waals surface area (Å²) < 4.78 is 5.43. The van der Waals surface area contributed by atoms with Crippen molar-refractivity contribution in [3.63, 3.8) is 0 Å². The van der Waals surface area contributed by atoms with E-state index in [1.165, 1.54) is 12.8 Å². The van der Waals surface area contributed by atoms with Gasteiger partial charge in [-0.2, -0.15) is 0 Å². The maximum absolute atomic E-state index is 10.4. The molecule has 1 unspecified atom stereocenters. The van der Waals surface area contributed by atoms with Crippen LogP contribution < -0.4 is 4.74 Å². The van der Waals surface area contributed by atoms with Gasteiger partial charge >= 0.3 is 0 Å². The lowest BCUT2D eigenvalue weighted by molar-refractivity contribution is 0.0699. The number of hydrogen-bond donors (Lipinski definition) is 1. The molecule has 4 heteroatoms. The van der Waals surface area contributed by atoms with Gasteiger partial charge in [-0.15, -0.1) is 0 Å². The molecule has 116 valence electrons. The fraction of sp³-hybridized carbons (Fsp3) is 0.647. The minimum absolute atomic E-state index is 0.409. The van der Waals surface area contributed by atoms with Crippen LogP contribution in [-0.4, -0.2) is 60.3 Å². The Balaban J connectivity index is 1.48. The Morgan fingerprint density at radius 1 is 1.14 bits per heavy atom. The summed E-state index contributed by atoms with van der Waals surface area (Å²) >= 11 is 0. The molecule has 1 aromatic carbocycles. The molecule has 21 heavy (non-hydrogen) atoms. The van der Waals surface area contributed by atoms with Crippen LogP contribution in [-0.2, 0) is 0 Å². The van der Waals surface area contributed by atoms with E-state index >= 15 is 0 Å². The number of β-amino-alcohol motifs (C(OH)–C–C–N with tert-alkyl or cyclic N) is 1. The summed E-state index contributed by atoms with van der Waals surface area (Å²) in [5.41, 5.74) is 0.975. The van der Waals surface area contributed by atoms with Crippen LogP contribution in [0.2, 0.25) is 0 Å². The molecule has 0 spiro atoms. The Hall–Kier alpha value is -1.10. The number of nitrogens with zero attached hydrogens (tertiary/aromatic N) is 2. The highest BCUT2D eigenvalue weighted by Gasteiger charge is 2.31. The molecular formula is C17H26N2O2. The molecule has 1 atom stereocenters. The zero-order valence-corrected chi connectivity index (χ0v) is 12.9. The second kappa shape index (κ2) is 6.77. The SMILES string of the molecule is CCOc1ccc(C(O)CN2CCN(C3CC3)CC2)cc1. The third-order valence-electron chi connectivity index (χ3n) is 4.48. The van der Waals surface area contributed by atoms with Gasteiger partial charge in [0.15, 0.2) is 0 Å². The standard InChI is InChI=1S/C17H26N2O2/c1-2-21-16-7-3-14(4-8-16)17(20)13-18-9-11-19(12-10-18)15-5-6-15/h3-4,7-8,15,17,20H,2,5-6,9-13H2,1H3. The molecule has 0 amide bonds. The number of benzene rings is 1. The Bertz CT molecular complexity index is 437. The van der Waals surface area contributed by atoms with Crippen LogP contribution in [0.4, 0.5) is 0 Å². The van der Waals surface area contributed by atoms with Crippen molar-refractivity contribution in [2.45, 2.75) is 31.9 Å². The molecule has 1 saturated carbocycles. The zero-order valence-electron chi connectivity index (χ0n) is 12.9. The first-order valence-electron chi connectivity index (χ1n) is 8.13. The van der Waals surface area contributed by atoms with Gasteiger partial charge in [0.2, 0.25) is 0 Å². The first kappa shape index (κ1) is 14.8. The zero-order chi connectivity index (χ0) is 14.7. The largest absolute Gasteiger partial charge is 0.494 e. The van der Waals surface area contributed by atoms with Crippen LogP contribution in [0.15, 0.2) is 24.3 Å². The molecule has 1 aliphatic carbocycles. The molecule has 3 rings (SSSR count). The number of hydrogen-bond acceptors (Lipinski definition) is 4. The first-order chi connectivity index (χ1) is 10.3. The van der Waals surface area contributed by atoms with E-state index in [4.69, 9.17) is 4.74 Å². The molecule has 2 fully saturated rings. The molecule has 2 aliphatic rings. The Morgan fingerprint density at radius 3 is 2.38 bits per heavy atom. The summed E-state index contributed by atoms with van der Waals surface area (Å²) in [5.74, 6) is 0.867. The van der Waals surface area contributed by atoms with Crippen molar-refractivity contribution in [3.8, 4) is 5.75 Å². The normalized spacial score (nSPS) is 22.2. The van der Waals surface area contributed by atoms with Crippen LogP contribution in [0.3, 0.4) is 0 Å².